The summed E-state index contributed by atoms with van der Waals surface area (Å²) in [5, 5.41) is 7.48. The third-order valence-electron chi connectivity index (χ3n) is 6.65. The Bertz CT molecular complexity index is 1490. The van der Waals surface area contributed by atoms with Gasteiger partial charge in [0.1, 0.15) is 0 Å². The first-order valence-corrected chi connectivity index (χ1v) is 14.8. The van der Waals surface area contributed by atoms with Crippen LogP contribution in [0.5, 0.6) is 0 Å². The predicted molar refractivity (Wildman–Crippen MR) is 154 cm³/mol. The van der Waals surface area contributed by atoms with Gasteiger partial charge in [-0.05, 0) is 53.9 Å². The minimum absolute atomic E-state index is 0.0510. The van der Waals surface area contributed by atoms with E-state index in [1.165, 1.54) is 24.3 Å². The Kier molecular flexibility index (Phi) is 8.20. The first kappa shape index (κ1) is 27.2. The van der Waals surface area contributed by atoms with Gasteiger partial charge in [-0.3, -0.25) is 4.79 Å². The second-order valence-electron chi connectivity index (χ2n) is 9.29. The molecule has 3 aromatic carbocycles. The van der Waals surface area contributed by atoms with Crippen LogP contribution in [0.3, 0.4) is 0 Å². The Morgan fingerprint density at radius 1 is 0.974 bits per heavy atom. The lowest BCUT2D eigenvalue weighted by molar-refractivity contribution is -0.127. The van der Waals surface area contributed by atoms with Gasteiger partial charge in [0.25, 0.3) is 10.0 Å². The molecular formula is C28H27Cl2N5O3S. The summed E-state index contributed by atoms with van der Waals surface area (Å²) in [5.41, 5.74) is 2.68. The third kappa shape index (κ3) is 6.43. The lowest BCUT2D eigenvalue weighted by Gasteiger charge is -2.21. The highest BCUT2D eigenvalue weighted by atomic mass is 35.5. The van der Waals surface area contributed by atoms with Crippen molar-refractivity contribution in [1.29, 1.82) is 0 Å². The van der Waals surface area contributed by atoms with Crippen LogP contribution in [-0.2, 0) is 14.8 Å². The molecule has 2 heterocycles. The number of amides is 1. The molecule has 2 aliphatic rings. The zero-order chi connectivity index (χ0) is 27.4. The number of likely N-dealkylation sites (tertiary alicyclic amines) is 1. The number of sulfonamides is 1. The maximum absolute atomic E-state index is 13.3. The number of hydrazone groups is 1. The van der Waals surface area contributed by atoms with Crippen molar-refractivity contribution in [2.75, 3.05) is 26.2 Å². The molecule has 1 unspecified atom stereocenters. The van der Waals surface area contributed by atoms with Crippen LogP contribution in [0.1, 0.15) is 29.9 Å². The number of benzene rings is 3. The summed E-state index contributed by atoms with van der Waals surface area (Å²) in [7, 11) is -3.99. The van der Waals surface area contributed by atoms with Crippen LogP contribution < -0.4 is 4.72 Å². The van der Waals surface area contributed by atoms with Crippen molar-refractivity contribution in [3.05, 3.63) is 100 Å². The Morgan fingerprint density at radius 2 is 1.64 bits per heavy atom. The van der Waals surface area contributed by atoms with Gasteiger partial charge in [0.2, 0.25) is 11.9 Å². The van der Waals surface area contributed by atoms with Gasteiger partial charge >= 0.3 is 0 Å². The van der Waals surface area contributed by atoms with Crippen molar-refractivity contribution >= 4 is 50.8 Å². The van der Waals surface area contributed by atoms with Crippen LogP contribution in [0.15, 0.2) is 93.9 Å². The van der Waals surface area contributed by atoms with E-state index in [1.807, 2.05) is 42.5 Å². The monoisotopic (exact) mass is 583 g/mol. The molecule has 1 fully saturated rings. The number of nitrogens with zero attached hydrogens (tertiary/aromatic N) is 4. The number of rotatable bonds is 7. The second kappa shape index (κ2) is 11.8. The molecular weight excluding hydrogens is 557 g/mol. The van der Waals surface area contributed by atoms with E-state index < -0.39 is 10.0 Å². The summed E-state index contributed by atoms with van der Waals surface area (Å²) in [5.74, 6) is 0.0288. The SMILES string of the molecule is O=C1CCCN1CCN=C(NS(=O)(=O)c1ccc(Cl)cc1)N1CC(c2ccccc2)C(c2ccc(Cl)cc2)=N1. The van der Waals surface area contributed by atoms with Gasteiger partial charge in [-0.2, -0.15) is 5.10 Å². The van der Waals surface area contributed by atoms with Crippen LogP contribution in [0, 0.1) is 0 Å². The number of carbonyl (C=O) groups is 1. The molecule has 0 spiro atoms. The highest BCUT2D eigenvalue weighted by Crippen LogP contribution is 2.29. The zero-order valence-corrected chi connectivity index (χ0v) is 23.3. The molecule has 5 rings (SSSR count). The molecule has 0 aliphatic carbocycles. The summed E-state index contributed by atoms with van der Waals surface area (Å²) in [6, 6.07) is 23.2. The maximum atomic E-state index is 13.3. The van der Waals surface area contributed by atoms with Crippen LogP contribution >= 0.6 is 23.2 Å². The average Bonchev–Trinajstić information content (AvgIpc) is 3.56. The summed E-state index contributed by atoms with van der Waals surface area (Å²) in [6.07, 6.45) is 1.34. The van der Waals surface area contributed by atoms with Crippen molar-refractivity contribution in [2.45, 2.75) is 23.7 Å². The van der Waals surface area contributed by atoms with Gasteiger partial charge in [0, 0.05) is 35.5 Å². The number of nitrogens with one attached hydrogen (secondary N) is 1. The highest BCUT2D eigenvalue weighted by molar-refractivity contribution is 7.90. The smallest absolute Gasteiger partial charge is 0.264 e. The van der Waals surface area contributed by atoms with E-state index in [0.29, 0.717) is 36.1 Å². The van der Waals surface area contributed by atoms with Gasteiger partial charge in [-0.15, -0.1) is 0 Å². The number of halogens is 2. The number of hydrogen-bond donors (Lipinski definition) is 1. The van der Waals surface area contributed by atoms with Gasteiger partial charge in [0.05, 0.1) is 23.7 Å². The molecule has 8 nitrogen and oxygen atoms in total. The van der Waals surface area contributed by atoms with Crippen LogP contribution in [0.4, 0.5) is 0 Å². The zero-order valence-electron chi connectivity index (χ0n) is 21.0. The Hall–Kier alpha value is -3.40. The van der Waals surface area contributed by atoms with Crippen molar-refractivity contribution < 1.29 is 13.2 Å². The molecule has 1 amide bonds. The van der Waals surface area contributed by atoms with E-state index in [9.17, 15) is 13.2 Å². The fraction of sp³-hybridized carbons (Fsp3) is 0.250. The van der Waals surface area contributed by atoms with Crippen LogP contribution in [0.25, 0.3) is 0 Å². The standard InChI is InChI=1S/C28H27Cl2N5O3S/c29-22-10-8-21(9-11-22)27-25(20-5-2-1-3-6-20)19-35(32-27)28(31-16-18-34-17-4-7-26(34)36)33-39(37,38)24-14-12-23(30)13-15-24/h1-3,5-6,8-15,25H,4,7,16-19H2,(H,31,33). The number of aliphatic imine (C=N–C) groups is 1. The van der Waals surface area contributed by atoms with Crippen molar-refractivity contribution in [2.24, 2.45) is 10.1 Å². The Balaban J connectivity index is 1.49. The van der Waals surface area contributed by atoms with E-state index >= 15 is 0 Å². The summed E-state index contributed by atoms with van der Waals surface area (Å²) >= 11 is 12.1. The molecule has 0 saturated carbocycles. The average molecular weight is 585 g/mol. The minimum atomic E-state index is -3.99. The molecule has 0 radical (unpaired) electrons. The molecule has 0 bridgehead atoms. The fourth-order valence-corrected chi connectivity index (χ4v) is 5.91. The third-order valence-corrected chi connectivity index (χ3v) is 8.50. The number of guanidine groups is 1. The minimum Gasteiger partial charge on any atom is -0.341 e. The fourth-order valence-electron chi connectivity index (χ4n) is 4.64. The lowest BCUT2D eigenvalue weighted by atomic mass is 9.91. The first-order valence-electron chi connectivity index (χ1n) is 12.6. The van der Waals surface area contributed by atoms with E-state index in [4.69, 9.17) is 28.3 Å². The predicted octanol–water partition coefficient (Wildman–Crippen LogP) is 4.75. The molecule has 3 aromatic rings. The van der Waals surface area contributed by atoms with E-state index in [0.717, 1.165) is 23.3 Å². The van der Waals surface area contributed by atoms with Crippen LogP contribution in [0.2, 0.25) is 10.0 Å². The quantitative estimate of drug-likeness (QED) is 0.320. The van der Waals surface area contributed by atoms with Gasteiger partial charge < -0.3 is 4.90 Å². The molecule has 0 aromatic heterocycles. The van der Waals surface area contributed by atoms with Crippen molar-refractivity contribution in [3.63, 3.8) is 0 Å². The second-order valence-corrected chi connectivity index (χ2v) is 11.8. The van der Waals surface area contributed by atoms with Gasteiger partial charge in [-0.25, -0.2) is 23.1 Å². The molecule has 11 heteroatoms. The van der Waals surface area contributed by atoms with Gasteiger partial charge in [-0.1, -0.05) is 65.7 Å². The highest BCUT2D eigenvalue weighted by Gasteiger charge is 2.33. The molecule has 1 N–H and O–H groups in total. The molecule has 202 valence electrons. The van der Waals surface area contributed by atoms with Crippen LogP contribution in [-0.4, -0.2) is 62.1 Å². The van der Waals surface area contributed by atoms with Gasteiger partial charge in [0.15, 0.2) is 0 Å². The van der Waals surface area contributed by atoms with Crippen molar-refractivity contribution in [3.8, 4) is 0 Å². The van der Waals surface area contributed by atoms with Crippen molar-refractivity contribution in [1.82, 2.24) is 14.6 Å². The largest absolute Gasteiger partial charge is 0.341 e. The molecule has 2 aliphatic heterocycles. The molecule has 1 atom stereocenters. The molecule has 39 heavy (non-hydrogen) atoms. The van der Waals surface area contributed by atoms with E-state index in [2.05, 4.69) is 9.71 Å². The topological polar surface area (TPSA) is 94.4 Å². The van der Waals surface area contributed by atoms with E-state index in [1.54, 1.807) is 22.0 Å². The first-order chi connectivity index (χ1) is 18.8. The Labute approximate surface area is 238 Å². The normalized spacial score (nSPS) is 18.0. The number of hydrogen-bond acceptors (Lipinski definition) is 5. The summed E-state index contributed by atoms with van der Waals surface area (Å²) < 4.78 is 29.3. The molecule has 1 saturated heterocycles. The Morgan fingerprint density at radius 3 is 2.28 bits per heavy atom. The summed E-state index contributed by atoms with van der Waals surface area (Å²) in [6.45, 7) is 1.67. The number of carbonyl (C=O) groups excluding carboxylic acids is 1. The summed E-state index contributed by atoms with van der Waals surface area (Å²) in [4.78, 5) is 18.5. The lowest BCUT2D eigenvalue weighted by Crippen LogP contribution is -2.42. The van der Waals surface area contributed by atoms with E-state index in [-0.39, 0.29) is 29.2 Å². The maximum Gasteiger partial charge on any atom is 0.264 e.